The highest BCUT2D eigenvalue weighted by Crippen LogP contribution is 2.37. The second-order valence-electron chi connectivity index (χ2n) is 7.31. The Labute approximate surface area is 195 Å². The molecule has 176 valence electrons. The van der Waals surface area contributed by atoms with Gasteiger partial charge in [0.1, 0.15) is 16.3 Å². The number of rotatable bonds is 9. The van der Waals surface area contributed by atoms with E-state index < -0.39 is 32.1 Å². The summed E-state index contributed by atoms with van der Waals surface area (Å²) >= 11 is 6.01. The van der Waals surface area contributed by atoms with E-state index in [9.17, 15) is 23.1 Å². The van der Waals surface area contributed by atoms with E-state index in [2.05, 4.69) is 15.6 Å². The molecule has 0 fully saturated rings. The van der Waals surface area contributed by atoms with Crippen LogP contribution >= 0.6 is 11.6 Å². The number of methoxy groups -OCH3 is 1. The smallest absolute Gasteiger partial charge is 0.253 e. The Balaban J connectivity index is 2.05. The summed E-state index contributed by atoms with van der Waals surface area (Å²) in [5.41, 5.74) is -0.458. The van der Waals surface area contributed by atoms with Crippen molar-refractivity contribution in [2.24, 2.45) is 5.14 Å². The lowest BCUT2D eigenvalue weighted by Gasteiger charge is -2.23. The molecule has 2 atom stereocenters. The molecule has 1 aromatic heterocycles. The lowest BCUT2D eigenvalue weighted by molar-refractivity contribution is -0.0782. The van der Waals surface area contributed by atoms with Gasteiger partial charge in [0, 0.05) is 18.5 Å². The van der Waals surface area contributed by atoms with E-state index in [0.29, 0.717) is 12.1 Å². The van der Waals surface area contributed by atoms with Crippen molar-refractivity contribution >= 4 is 38.7 Å². The molecule has 0 radical (unpaired) electrons. The SMILES string of the molecule is CCC(Nc1c(Nc2ccc(Cl)c(S(N)(=O)=O)c2C(O)OC)c(=O)c1=O)c1cccc(C)n1. The van der Waals surface area contributed by atoms with Crippen LogP contribution in [0.2, 0.25) is 5.02 Å². The van der Waals surface area contributed by atoms with Gasteiger partial charge >= 0.3 is 0 Å². The minimum absolute atomic E-state index is 0.0140. The summed E-state index contributed by atoms with van der Waals surface area (Å²) in [7, 11) is -3.22. The number of nitrogens with one attached hydrogen (secondary N) is 2. The molecule has 12 heteroatoms. The number of aromatic nitrogens is 1. The van der Waals surface area contributed by atoms with Crippen LogP contribution in [0.1, 0.15) is 42.6 Å². The number of aliphatic hydroxyl groups is 1. The molecule has 0 aliphatic heterocycles. The molecule has 3 aromatic rings. The highest BCUT2D eigenvalue weighted by molar-refractivity contribution is 7.89. The van der Waals surface area contributed by atoms with Crippen molar-refractivity contribution in [2.45, 2.75) is 37.5 Å². The number of nitrogens with two attached hydrogens (primary N) is 1. The number of benzene rings is 1. The van der Waals surface area contributed by atoms with Crippen molar-refractivity contribution in [3.8, 4) is 0 Å². The third kappa shape index (κ3) is 4.92. The topological polar surface area (TPSA) is 161 Å². The maximum absolute atomic E-state index is 12.3. The zero-order valence-electron chi connectivity index (χ0n) is 18.0. The maximum Gasteiger partial charge on any atom is 0.253 e. The Morgan fingerprint density at radius 2 is 1.85 bits per heavy atom. The van der Waals surface area contributed by atoms with Crippen molar-refractivity contribution < 1.29 is 18.3 Å². The lowest BCUT2D eigenvalue weighted by atomic mass is 10.1. The number of nitrogens with zero attached hydrogens (tertiary/aromatic N) is 1. The van der Waals surface area contributed by atoms with Crippen LogP contribution in [0.4, 0.5) is 17.1 Å². The summed E-state index contributed by atoms with van der Waals surface area (Å²) < 4.78 is 29.1. The number of ether oxygens (including phenoxy) is 1. The van der Waals surface area contributed by atoms with Crippen LogP contribution in [0.5, 0.6) is 0 Å². The molecule has 0 aliphatic rings. The van der Waals surface area contributed by atoms with Crippen molar-refractivity contribution in [1.82, 2.24) is 4.98 Å². The first-order valence-electron chi connectivity index (χ1n) is 9.86. The van der Waals surface area contributed by atoms with Gasteiger partial charge in [0.05, 0.1) is 22.3 Å². The number of aliphatic hydroxyl groups excluding tert-OH is 1. The summed E-state index contributed by atoms with van der Waals surface area (Å²) in [5.74, 6) is 0. The van der Waals surface area contributed by atoms with Gasteiger partial charge in [0.15, 0.2) is 6.29 Å². The summed E-state index contributed by atoms with van der Waals surface area (Å²) in [6.07, 6.45) is -1.17. The molecular formula is C21H23ClN4O6S. The van der Waals surface area contributed by atoms with Crippen molar-refractivity contribution in [3.63, 3.8) is 0 Å². The van der Waals surface area contributed by atoms with E-state index >= 15 is 0 Å². The summed E-state index contributed by atoms with van der Waals surface area (Å²) in [6, 6.07) is 7.70. The third-order valence-electron chi connectivity index (χ3n) is 5.07. The van der Waals surface area contributed by atoms with Crippen LogP contribution in [-0.2, 0) is 14.8 Å². The van der Waals surface area contributed by atoms with Gasteiger partial charge in [-0.3, -0.25) is 14.6 Å². The average Bonchev–Trinajstić information content (AvgIpc) is 2.77. The molecule has 0 aliphatic carbocycles. The maximum atomic E-state index is 12.3. The number of aryl methyl sites for hydroxylation is 1. The van der Waals surface area contributed by atoms with Crippen LogP contribution in [0.25, 0.3) is 0 Å². The Morgan fingerprint density at radius 3 is 2.42 bits per heavy atom. The summed E-state index contributed by atoms with van der Waals surface area (Å²) in [6.45, 7) is 3.73. The number of anilines is 3. The van der Waals surface area contributed by atoms with Crippen LogP contribution in [0, 0.1) is 6.92 Å². The molecule has 5 N–H and O–H groups in total. The van der Waals surface area contributed by atoms with Gasteiger partial charge in [-0.1, -0.05) is 24.6 Å². The van der Waals surface area contributed by atoms with Gasteiger partial charge in [-0.2, -0.15) is 0 Å². The minimum atomic E-state index is -4.37. The van der Waals surface area contributed by atoms with Crippen molar-refractivity contribution in [1.29, 1.82) is 0 Å². The Hall–Kier alpha value is -2.83. The normalized spacial score (nSPS) is 13.6. The largest absolute Gasteiger partial charge is 0.372 e. The van der Waals surface area contributed by atoms with Crippen LogP contribution in [-0.4, -0.2) is 25.6 Å². The first-order valence-corrected chi connectivity index (χ1v) is 11.8. The highest BCUT2D eigenvalue weighted by atomic mass is 35.5. The van der Waals surface area contributed by atoms with E-state index in [0.717, 1.165) is 12.8 Å². The quantitative estimate of drug-likeness (QED) is 0.258. The molecule has 1 heterocycles. The molecular weight excluding hydrogens is 472 g/mol. The van der Waals surface area contributed by atoms with Crippen LogP contribution in [0.3, 0.4) is 0 Å². The molecule has 0 saturated heterocycles. The van der Waals surface area contributed by atoms with Crippen molar-refractivity contribution in [2.75, 3.05) is 17.7 Å². The zero-order chi connectivity index (χ0) is 24.5. The molecule has 2 unspecified atom stereocenters. The summed E-state index contributed by atoms with van der Waals surface area (Å²) in [4.78, 5) is 28.6. The fourth-order valence-electron chi connectivity index (χ4n) is 3.43. The second-order valence-corrected chi connectivity index (χ2v) is 9.22. The van der Waals surface area contributed by atoms with Crippen molar-refractivity contribution in [3.05, 3.63) is 72.8 Å². The van der Waals surface area contributed by atoms with Gasteiger partial charge in [0.25, 0.3) is 10.9 Å². The van der Waals surface area contributed by atoms with Gasteiger partial charge in [-0.25, -0.2) is 13.6 Å². The first kappa shape index (κ1) is 24.8. The number of hydrogen-bond acceptors (Lipinski definition) is 9. The monoisotopic (exact) mass is 494 g/mol. The molecule has 33 heavy (non-hydrogen) atoms. The van der Waals surface area contributed by atoms with Gasteiger partial charge < -0.3 is 20.5 Å². The van der Waals surface area contributed by atoms with E-state index in [1.165, 1.54) is 12.1 Å². The summed E-state index contributed by atoms with van der Waals surface area (Å²) in [5, 5.41) is 21.1. The fraction of sp³-hybridized carbons (Fsp3) is 0.286. The second kappa shape index (κ2) is 9.57. The molecule has 0 bridgehead atoms. The predicted molar refractivity (Wildman–Crippen MR) is 125 cm³/mol. The molecule has 0 saturated carbocycles. The van der Waals surface area contributed by atoms with Crippen LogP contribution in [0.15, 0.2) is 44.8 Å². The van der Waals surface area contributed by atoms with E-state index in [-0.39, 0.29) is 33.7 Å². The first-order chi connectivity index (χ1) is 15.5. The van der Waals surface area contributed by atoms with E-state index in [4.69, 9.17) is 21.5 Å². The zero-order valence-corrected chi connectivity index (χ0v) is 19.6. The number of primary sulfonamides is 1. The van der Waals surface area contributed by atoms with Gasteiger partial charge in [-0.15, -0.1) is 0 Å². The highest BCUT2D eigenvalue weighted by Gasteiger charge is 2.29. The molecule has 0 spiro atoms. The number of sulfonamides is 1. The average molecular weight is 495 g/mol. The van der Waals surface area contributed by atoms with Gasteiger partial charge in [-0.05, 0) is 37.6 Å². The fourth-order valence-corrected chi connectivity index (χ4v) is 4.78. The van der Waals surface area contributed by atoms with E-state index in [1.807, 2.05) is 26.0 Å². The molecule has 3 rings (SSSR count). The lowest BCUT2D eigenvalue weighted by Crippen LogP contribution is -2.37. The molecule has 0 amide bonds. The predicted octanol–water partition coefficient (Wildman–Crippen LogP) is 2.23. The van der Waals surface area contributed by atoms with Crippen LogP contribution < -0.4 is 26.6 Å². The number of halogens is 1. The molecule has 2 aromatic carbocycles. The Kier molecular flexibility index (Phi) is 7.20. The Bertz CT molecular complexity index is 1370. The number of pyridine rings is 1. The molecule has 10 nitrogen and oxygen atoms in total. The number of hydrogen-bond donors (Lipinski definition) is 4. The Morgan fingerprint density at radius 1 is 1.18 bits per heavy atom. The van der Waals surface area contributed by atoms with E-state index in [1.54, 1.807) is 6.07 Å². The minimum Gasteiger partial charge on any atom is -0.372 e. The standard InChI is InChI=1S/C21H23ClN4O6S/c1-4-12(13-7-5-6-10(2)24-13)25-16-17(19(28)18(16)27)26-14-9-8-11(22)20(33(23,30)31)15(14)21(29)32-3/h5-9,12,21,25-26,29H,4H2,1-3H3,(H2,23,30,31). The third-order valence-corrected chi connectivity index (χ3v) is 6.50. The van der Waals surface area contributed by atoms with Gasteiger partial charge in [0.2, 0.25) is 10.0 Å².